The Morgan fingerprint density at radius 3 is 2.64 bits per heavy atom. The number of hydrogen-bond donors (Lipinski definition) is 4. The maximum atomic E-state index is 14.1. The number of hydroxylamine groups is 2. The highest BCUT2D eigenvalue weighted by molar-refractivity contribution is 5.94. The quantitative estimate of drug-likeness (QED) is 0.352. The van der Waals surface area contributed by atoms with Crippen molar-refractivity contribution in [3.05, 3.63) is 35.4 Å². The van der Waals surface area contributed by atoms with E-state index in [1.165, 1.54) is 6.42 Å². The van der Waals surface area contributed by atoms with E-state index in [4.69, 9.17) is 15.3 Å². The van der Waals surface area contributed by atoms with Crippen LogP contribution in [0.4, 0.5) is 0 Å². The van der Waals surface area contributed by atoms with Crippen molar-refractivity contribution in [2.45, 2.75) is 96.1 Å². The van der Waals surface area contributed by atoms with Gasteiger partial charge in [0.05, 0.1) is 18.3 Å². The lowest BCUT2D eigenvalue weighted by Crippen LogP contribution is -2.62. The van der Waals surface area contributed by atoms with Gasteiger partial charge in [0.2, 0.25) is 5.91 Å². The Labute approximate surface area is 251 Å². The van der Waals surface area contributed by atoms with E-state index in [1.54, 1.807) is 21.1 Å². The maximum absolute atomic E-state index is 14.1. The van der Waals surface area contributed by atoms with Gasteiger partial charge in [-0.2, -0.15) is 5.06 Å². The first-order chi connectivity index (χ1) is 20.0. The first kappa shape index (κ1) is 31.4. The molecule has 6 rings (SSSR count). The van der Waals surface area contributed by atoms with Crippen molar-refractivity contribution >= 4 is 11.8 Å². The summed E-state index contributed by atoms with van der Waals surface area (Å²) in [5.74, 6) is 1.26. The van der Waals surface area contributed by atoms with Crippen LogP contribution in [0.25, 0.3) is 0 Å². The number of fused-ring (bicyclic) bond motifs is 2. The van der Waals surface area contributed by atoms with Crippen LogP contribution in [0.5, 0.6) is 0 Å². The molecule has 5 aliphatic rings. The number of aliphatic hydroxyl groups is 1. The molecule has 4 aliphatic carbocycles. The normalized spacial score (nSPS) is 38.4. The molecule has 0 aromatic heterocycles. The van der Waals surface area contributed by atoms with Crippen LogP contribution in [0, 0.1) is 35.0 Å². The van der Waals surface area contributed by atoms with Crippen LogP contribution in [0.15, 0.2) is 24.3 Å². The van der Waals surface area contributed by atoms with Crippen molar-refractivity contribution in [2.75, 3.05) is 27.2 Å². The topological polar surface area (TPSA) is 126 Å². The number of rotatable bonds is 9. The number of amides is 2. The standard InChI is InChI=1S/C33H52N4O5/c1-18-25-14-23(33(25,3)4)15-26(18)36-32(40)29-28(19(2)38)27(16-34)42-37(29)17-22-11-8-12-24(30(22)41-6)20-9-7-10-21(13-20)31(39)35-5/h7,9-10,13,18-19,22-30,38H,8,11-12,14-17,34H2,1-6H3,(H,35,39)(H,36,40)/t18-,19-,22?,23+,24?,25-,26-,27-,28-,29-,30?/m0/s1. The van der Waals surface area contributed by atoms with Gasteiger partial charge in [-0.3, -0.25) is 14.4 Å². The zero-order chi connectivity index (χ0) is 30.3. The van der Waals surface area contributed by atoms with Crippen molar-refractivity contribution in [3.63, 3.8) is 0 Å². The highest BCUT2D eigenvalue weighted by atomic mass is 16.7. The summed E-state index contributed by atoms with van der Waals surface area (Å²) in [5, 5.41) is 18.8. The van der Waals surface area contributed by atoms with Crippen LogP contribution in [-0.4, -0.2) is 79.6 Å². The Balaban J connectivity index is 1.35. The number of hydrogen-bond acceptors (Lipinski definition) is 7. The lowest BCUT2D eigenvalue weighted by Gasteiger charge is -2.62. The molecule has 42 heavy (non-hydrogen) atoms. The minimum atomic E-state index is -0.750. The molecule has 1 saturated heterocycles. The van der Waals surface area contributed by atoms with Gasteiger partial charge in [0.15, 0.2) is 0 Å². The van der Waals surface area contributed by atoms with E-state index in [1.807, 2.05) is 23.3 Å². The van der Waals surface area contributed by atoms with Crippen LogP contribution in [0.1, 0.15) is 81.6 Å². The summed E-state index contributed by atoms with van der Waals surface area (Å²) < 4.78 is 6.15. The summed E-state index contributed by atoms with van der Waals surface area (Å²) in [5.41, 5.74) is 8.18. The summed E-state index contributed by atoms with van der Waals surface area (Å²) in [6.07, 6.45) is 3.83. The number of nitrogens with zero attached hydrogens (tertiary/aromatic N) is 1. The van der Waals surface area contributed by atoms with Crippen molar-refractivity contribution in [3.8, 4) is 0 Å². The largest absolute Gasteiger partial charge is 0.393 e. The van der Waals surface area contributed by atoms with Gasteiger partial charge in [-0.25, -0.2) is 0 Å². The molecule has 5 N–H and O–H groups in total. The fourth-order valence-corrected chi connectivity index (χ4v) is 9.00. The van der Waals surface area contributed by atoms with Gasteiger partial charge in [0, 0.05) is 56.6 Å². The third-order valence-corrected chi connectivity index (χ3v) is 11.6. The molecule has 1 aliphatic heterocycles. The van der Waals surface area contributed by atoms with Crippen molar-refractivity contribution in [1.29, 1.82) is 0 Å². The SMILES string of the molecule is CNC(=O)c1cccc(C2CCCC(CN3O[C@@H](CN)[C@H]([C@H](C)O)[C@H]3C(=O)N[C@H]3C[C@H]4C[C@@H]([C@@H]3C)C4(C)C)C2OC)c1. The predicted molar refractivity (Wildman–Crippen MR) is 161 cm³/mol. The van der Waals surface area contributed by atoms with E-state index in [-0.39, 0.29) is 42.3 Å². The van der Waals surface area contributed by atoms with Crippen molar-refractivity contribution in [2.24, 2.45) is 40.7 Å². The molecular formula is C33H52N4O5. The van der Waals surface area contributed by atoms with Gasteiger partial charge in [-0.15, -0.1) is 0 Å². The van der Waals surface area contributed by atoms with Crippen LogP contribution in [-0.2, 0) is 14.4 Å². The molecule has 234 valence electrons. The van der Waals surface area contributed by atoms with Crippen molar-refractivity contribution in [1.82, 2.24) is 15.7 Å². The molecule has 0 spiro atoms. The fraction of sp³-hybridized carbons (Fsp3) is 0.758. The molecule has 9 heteroatoms. The second kappa shape index (κ2) is 12.5. The highest BCUT2D eigenvalue weighted by Crippen LogP contribution is 2.61. The lowest BCUT2D eigenvalue weighted by molar-refractivity contribution is -0.183. The molecule has 3 unspecified atom stereocenters. The summed E-state index contributed by atoms with van der Waals surface area (Å²) in [6.45, 7) is 9.45. The number of benzene rings is 1. The zero-order valence-corrected chi connectivity index (χ0v) is 26.2. The number of carbonyl (C=O) groups excluding carboxylic acids is 2. The van der Waals surface area contributed by atoms with Gasteiger partial charge in [-0.05, 0) is 73.5 Å². The van der Waals surface area contributed by atoms with Crippen LogP contribution in [0.2, 0.25) is 0 Å². The molecule has 2 bridgehead atoms. The third-order valence-electron chi connectivity index (χ3n) is 11.6. The van der Waals surface area contributed by atoms with Gasteiger partial charge in [0.1, 0.15) is 6.04 Å². The van der Waals surface area contributed by atoms with Crippen LogP contribution in [0.3, 0.4) is 0 Å². The van der Waals surface area contributed by atoms with Gasteiger partial charge in [0.25, 0.3) is 5.91 Å². The van der Waals surface area contributed by atoms with E-state index in [9.17, 15) is 14.7 Å². The number of carbonyl (C=O) groups is 2. The second-order valence-electron chi connectivity index (χ2n) is 14.0. The lowest BCUT2D eigenvalue weighted by atomic mass is 9.45. The van der Waals surface area contributed by atoms with Crippen LogP contribution >= 0.6 is 0 Å². The Kier molecular flexibility index (Phi) is 9.36. The van der Waals surface area contributed by atoms with Crippen LogP contribution < -0.4 is 16.4 Å². The minimum absolute atomic E-state index is 0.0765. The van der Waals surface area contributed by atoms with Gasteiger partial charge >= 0.3 is 0 Å². The average molecular weight is 585 g/mol. The number of methoxy groups -OCH3 is 1. The molecular weight excluding hydrogens is 532 g/mol. The smallest absolute Gasteiger partial charge is 0.251 e. The average Bonchev–Trinajstić information content (AvgIpc) is 3.36. The van der Waals surface area contributed by atoms with Gasteiger partial charge in [-0.1, -0.05) is 39.3 Å². The second-order valence-corrected chi connectivity index (χ2v) is 14.0. The van der Waals surface area contributed by atoms with E-state index < -0.39 is 24.2 Å². The van der Waals surface area contributed by atoms with E-state index in [0.29, 0.717) is 35.3 Å². The Bertz CT molecular complexity index is 1130. The van der Waals surface area contributed by atoms with E-state index in [2.05, 4.69) is 37.5 Å². The summed E-state index contributed by atoms with van der Waals surface area (Å²) in [7, 11) is 3.38. The Morgan fingerprint density at radius 1 is 1.26 bits per heavy atom. The first-order valence-electron chi connectivity index (χ1n) is 16.0. The number of aliphatic hydroxyl groups excluding tert-OH is 1. The van der Waals surface area contributed by atoms with Gasteiger partial charge < -0.3 is 26.2 Å². The maximum Gasteiger partial charge on any atom is 0.251 e. The molecule has 1 heterocycles. The molecule has 0 radical (unpaired) electrons. The molecule has 11 atom stereocenters. The third kappa shape index (κ3) is 5.63. The Hall–Kier alpha value is -2.04. The summed E-state index contributed by atoms with van der Waals surface area (Å²) in [4.78, 5) is 32.8. The highest BCUT2D eigenvalue weighted by Gasteiger charge is 2.57. The molecule has 9 nitrogen and oxygen atoms in total. The van der Waals surface area contributed by atoms with E-state index in [0.717, 1.165) is 31.2 Å². The van der Waals surface area contributed by atoms with E-state index >= 15 is 0 Å². The number of ether oxygens (including phenoxy) is 1. The minimum Gasteiger partial charge on any atom is -0.393 e. The monoisotopic (exact) mass is 584 g/mol. The Morgan fingerprint density at radius 2 is 2.02 bits per heavy atom. The fourth-order valence-electron chi connectivity index (χ4n) is 9.00. The van der Waals surface area contributed by atoms with Crippen molar-refractivity contribution < 1.29 is 24.3 Å². The molecule has 4 saturated carbocycles. The molecule has 1 aromatic rings. The summed E-state index contributed by atoms with van der Waals surface area (Å²) >= 11 is 0. The molecule has 5 fully saturated rings. The molecule has 1 aromatic carbocycles. The predicted octanol–water partition coefficient (Wildman–Crippen LogP) is 3.07. The summed E-state index contributed by atoms with van der Waals surface area (Å²) in [6, 6.07) is 7.28. The first-order valence-corrected chi connectivity index (χ1v) is 16.0. The number of nitrogens with two attached hydrogens (primary N) is 1. The zero-order valence-electron chi connectivity index (χ0n) is 26.2. The molecule has 2 amide bonds. The number of nitrogens with one attached hydrogen (secondary N) is 2.